The van der Waals surface area contributed by atoms with Crippen molar-refractivity contribution in [2.75, 3.05) is 0 Å². The van der Waals surface area contributed by atoms with Crippen molar-refractivity contribution in [3.8, 4) is 12.3 Å². The van der Waals surface area contributed by atoms with Crippen LogP contribution in [0.15, 0.2) is 24.8 Å². The minimum absolute atomic E-state index is 0.0692. The molecule has 1 aromatic carbocycles. The maximum atomic E-state index is 5.49. The van der Waals surface area contributed by atoms with Gasteiger partial charge in [-0.25, -0.2) is 0 Å². The fourth-order valence-electron chi connectivity index (χ4n) is 3.56. The summed E-state index contributed by atoms with van der Waals surface area (Å²) in [5.41, 5.74) is 4.51. The Morgan fingerprint density at radius 1 is 1.28 bits per heavy atom. The molecule has 2 heteroatoms. The highest BCUT2D eigenvalue weighted by Gasteiger charge is 2.22. The summed E-state index contributed by atoms with van der Waals surface area (Å²) in [5.74, 6) is 3.28. The molecule has 0 aromatic heterocycles. The fraction of sp³-hybridized carbons (Fsp3) is 0.522. The van der Waals surface area contributed by atoms with Gasteiger partial charge in [-0.15, -0.1) is 6.42 Å². The number of allylic oxidation sites excluding steroid dienone is 1. The van der Waals surface area contributed by atoms with Gasteiger partial charge in [0.15, 0.2) is 0 Å². The van der Waals surface area contributed by atoms with E-state index in [1.807, 2.05) is 0 Å². The third kappa shape index (κ3) is 5.47. The summed E-state index contributed by atoms with van der Waals surface area (Å²) in [4.78, 5) is 0.492. The topological polar surface area (TPSA) is 0 Å². The van der Waals surface area contributed by atoms with Crippen LogP contribution in [0.3, 0.4) is 0 Å². The molecular weight excluding hydrogens is 340 g/mol. The van der Waals surface area contributed by atoms with Gasteiger partial charge in [-0.3, -0.25) is 0 Å². The predicted octanol–water partition coefficient (Wildman–Crippen LogP) is 6.42. The summed E-state index contributed by atoms with van der Waals surface area (Å²) in [7, 11) is 0. The van der Waals surface area contributed by atoms with E-state index < -0.39 is 0 Å². The Morgan fingerprint density at radius 2 is 1.92 bits per heavy atom. The van der Waals surface area contributed by atoms with Crippen LogP contribution in [0.1, 0.15) is 69.6 Å². The molecule has 1 aliphatic rings. The first-order valence-electron chi connectivity index (χ1n) is 9.25. The first kappa shape index (κ1) is 20.3. The minimum atomic E-state index is 0.0692. The molecule has 2 rings (SSSR count). The molecule has 0 heterocycles. The molecule has 25 heavy (non-hydrogen) atoms. The maximum absolute atomic E-state index is 5.49. The lowest BCUT2D eigenvalue weighted by Crippen LogP contribution is -2.21. The zero-order valence-corrected chi connectivity index (χ0v) is 17.5. The van der Waals surface area contributed by atoms with Crippen molar-refractivity contribution in [2.45, 2.75) is 70.0 Å². The van der Waals surface area contributed by atoms with E-state index >= 15 is 0 Å². The van der Waals surface area contributed by atoms with Gasteiger partial charge in [0.2, 0.25) is 0 Å². The molecule has 1 fully saturated rings. The van der Waals surface area contributed by atoms with Gasteiger partial charge in [0.05, 0.1) is 4.86 Å². The molecule has 1 aromatic rings. The number of hydrogen-bond donors (Lipinski definition) is 1. The van der Waals surface area contributed by atoms with Crippen LogP contribution in [0.2, 0.25) is 0 Å². The van der Waals surface area contributed by atoms with Crippen LogP contribution < -0.4 is 0 Å². The maximum Gasteiger partial charge on any atom is 0.0944 e. The molecule has 1 aliphatic carbocycles. The average molecular weight is 371 g/mol. The quantitative estimate of drug-likeness (QED) is 0.270. The molecule has 0 N–H and O–H groups in total. The summed E-state index contributed by atoms with van der Waals surface area (Å²) >= 11 is 10.2. The van der Waals surface area contributed by atoms with Crippen LogP contribution in [0.4, 0.5) is 0 Å². The largest absolute Gasteiger partial charge is 0.175 e. The van der Waals surface area contributed by atoms with E-state index in [-0.39, 0.29) is 5.41 Å². The van der Waals surface area contributed by atoms with Gasteiger partial charge in [0.1, 0.15) is 0 Å². The molecule has 0 bridgehead atoms. The second-order valence-corrected chi connectivity index (χ2v) is 9.36. The molecule has 0 aliphatic heterocycles. The highest BCUT2D eigenvalue weighted by molar-refractivity contribution is 7.82. The van der Waals surface area contributed by atoms with Crippen LogP contribution in [-0.2, 0) is 11.8 Å². The van der Waals surface area contributed by atoms with Gasteiger partial charge in [0.25, 0.3) is 0 Å². The first-order valence-corrected chi connectivity index (χ1v) is 10.2. The lowest BCUT2D eigenvalue weighted by atomic mass is 9.81. The van der Waals surface area contributed by atoms with Gasteiger partial charge in [-0.2, -0.15) is 12.6 Å². The van der Waals surface area contributed by atoms with Crippen molar-refractivity contribution in [3.63, 3.8) is 0 Å². The van der Waals surface area contributed by atoms with E-state index in [0.717, 1.165) is 23.5 Å². The lowest BCUT2D eigenvalue weighted by Gasteiger charge is -2.28. The Balaban J connectivity index is 2.31. The summed E-state index contributed by atoms with van der Waals surface area (Å²) < 4.78 is 0. The van der Waals surface area contributed by atoms with Crippen LogP contribution >= 0.6 is 24.8 Å². The number of rotatable bonds is 5. The molecule has 1 unspecified atom stereocenters. The normalized spacial score (nSPS) is 16.9. The molecule has 134 valence electrons. The molecule has 0 radical (unpaired) electrons. The zero-order valence-electron chi connectivity index (χ0n) is 15.8. The van der Waals surface area contributed by atoms with Gasteiger partial charge < -0.3 is 0 Å². The summed E-state index contributed by atoms with van der Waals surface area (Å²) in [6, 6.07) is 6.71. The highest BCUT2D eigenvalue weighted by Crippen LogP contribution is 2.33. The Kier molecular flexibility index (Phi) is 6.94. The summed E-state index contributed by atoms with van der Waals surface area (Å²) in [6.07, 6.45) is 13.2. The van der Waals surface area contributed by atoms with E-state index in [1.54, 1.807) is 0 Å². The Labute approximate surface area is 164 Å². The zero-order chi connectivity index (χ0) is 18.6. The Morgan fingerprint density at radius 3 is 2.48 bits per heavy atom. The lowest BCUT2D eigenvalue weighted by molar-refractivity contribution is 0.348. The number of thiol groups is 1. The SMILES string of the molecule is C#CC(=S)C(=C)c1cc(CC(S)C2CCCCC2)cc(C(C)(C)C)c1. The standard InChI is InChI=1S/C23H30S2/c1-6-21(24)16(2)19-12-17(13-20(15-19)23(3,4)5)14-22(25)18-10-8-7-9-11-18/h1,12-13,15,18,22,25H,2,7-11,14H2,3-5H3. The molecule has 0 amide bonds. The first-order chi connectivity index (χ1) is 11.7. The minimum Gasteiger partial charge on any atom is -0.175 e. The van der Waals surface area contributed by atoms with Gasteiger partial charge >= 0.3 is 0 Å². The van der Waals surface area contributed by atoms with Crippen molar-refractivity contribution in [1.29, 1.82) is 0 Å². The van der Waals surface area contributed by atoms with Crippen molar-refractivity contribution in [2.24, 2.45) is 5.92 Å². The van der Waals surface area contributed by atoms with Crippen LogP contribution in [0.5, 0.6) is 0 Å². The highest BCUT2D eigenvalue weighted by atomic mass is 32.1. The molecule has 1 atom stereocenters. The van der Waals surface area contributed by atoms with E-state index in [9.17, 15) is 0 Å². The Bertz CT molecular complexity index is 679. The number of hydrogen-bond acceptors (Lipinski definition) is 2. The number of benzene rings is 1. The Hall–Kier alpha value is -1.04. The predicted molar refractivity (Wildman–Crippen MR) is 119 cm³/mol. The second-order valence-electron chi connectivity index (χ2n) is 8.29. The smallest absolute Gasteiger partial charge is 0.0944 e. The van der Waals surface area contributed by atoms with Crippen LogP contribution in [-0.4, -0.2) is 10.1 Å². The van der Waals surface area contributed by atoms with Crippen molar-refractivity contribution < 1.29 is 0 Å². The molecule has 0 spiro atoms. The van der Waals surface area contributed by atoms with Gasteiger partial charge in [-0.1, -0.05) is 83.0 Å². The van der Waals surface area contributed by atoms with Crippen LogP contribution in [0, 0.1) is 18.3 Å². The number of thiocarbonyl (C=S) groups is 1. The third-order valence-corrected chi connectivity index (χ3v) is 6.22. The van der Waals surface area contributed by atoms with E-state index in [2.05, 4.69) is 51.5 Å². The van der Waals surface area contributed by atoms with E-state index in [4.69, 9.17) is 31.3 Å². The summed E-state index contributed by atoms with van der Waals surface area (Å²) in [5, 5.41) is 0.413. The average Bonchev–Trinajstić information content (AvgIpc) is 2.60. The van der Waals surface area contributed by atoms with E-state index in [0.29, 0.717) is 10.1 Å². The third-order valence-electron chi connectivity index (χ3n) is 5.25. The molecule has 0 saturated heterocycles. The monoisotopic (exact) mass is 370 g/mol. The number of terminal acetylenes is 1. The van der Waals surface area contributed by atoms with Crippen molar-refractivity contribution in [1.82, 2.24) is 0 Å². The molecule has 1 saturated carbocycles. The fourth-order valence-corrected chi connectivity index (χ4v) is 4.19. The summed E-state index contributed by atoms with van der Waals surface area (Å²) in [6.45, 7) is 10.8. The van der Waals surface area contributed by atoms with Crippen LogP contribution in [0.25, 0.3) is 5.57 Å². The van der Waals surface area contributed by atoms with Crippen molar-refractivity contribution >= 4 is 35.3 Å². The van der Waals surface area contributed by atoms with Crippen molar-refractivity contribution in [3.05, 3.63) is 41.5 Å². The van der Waals surface area contributed by atoms with E-state index in [1.165, 1.54) is 43.2 Å². The molecule has 0 nitrogen and oxygen atoms in total. The van der Waals surface area contributed by atoms with Gasteiger partial charge in [-0.05, 0) is 47.3 Å². The second kappa shape index (κ2) is 8.56. The molecular formula is C23H30S2. The van der Waals surface area contributed by atoms with Gasteiger partial charge in [0, 0.05) is 10.8 Å².